The summed E-state index contributed by atoms with van der Waals surface area (Å²) < 4.78 is 1.10. The van der Waals surface area contributed by atoms with Crippen molar-refractivity contribution in [3.63, 3.8) is 0 Å². The smallest absolute Gasteiger partial charge is 0.263 e. The van der Waals surface area contributed by atoms with Crippen molar-refractivity contribution in [3.8, 4) is 0 Å². The highest BCUT2D eigenvalue weighted by Gasteiger charge is 2.16. The molecule has 0 aliphatic rings. The summed E-state index contributed by atoms with van der Waals surface area (Å²) in [5.74, 6) is -0.0698. The van der Waals surface area contributed by atoms with E-state index in [0.717, 1.165) is 35.2 Å². The largest absolute Gasteiger partial charge is 0.397 e. The number of carbonyl (C=O) groups is 1. The van der Waals surface area contributed by atoms with Gasteiger partial charge in [-0.3, -0.25) is 4.79 Å². The van der Waals surface area contributed by atoms with Gasteiger partial charge in [0, 0.05) is 16.6 Å². The Bertz CT molecular complexity index is 606. The van der Waals surface area contributed by atoms with Gasteiger partial charge in [0.1, 0.15) is 4.88 Å². The van der Waals surface area contributed by atoms with Crippen LogP contribution >= 0.6 is 11.3 Å². The highest BCUT2D eigenvalue weighted by molar-refractivity contribution is 7.21. The molecule has 4 nitrogen and oxygen atoms in total. The maximum atomic E-state index is 12.2. The van der Waals surface area contributed by atoms with Crippen LogP contribution in [0.3, 0.4) is 0 Å². The van der Waals surface area contributed by atoms with E-state index in [1.807, 2.05) is 25.1 Å². The Kier molecular flexibility index (Phi) is 4.98. The van der Waals surface area contributed by atoms with Crippen LogP contribution in [0.4, 0.5) is 5.69 Å². The van der Waals surface area contributed by atoms with Gasteiger partial charge in [-0.15, -0.1) is 11.3 Å². The van der Waals surface area contributed by atoms with Crippen molar-refractivity contribution >= 4 is 33.0 Å². The van der Waals surface area contributed by atoms with Crippen molar-refractivity contribution in [2.75, 3.05) is 25.4 Å². The first-order chi connectivity index (χ1) is 9.65. The standard InChI is InChI=1S/C15H21N3OS/c1-3-17-8-5-9-18-15(19)14-12(16)11-7-4-6-10(2)13(11)20-14/h4,6-7,17H,3,5,8-9,16H2,1-2H3,(H,18,19). The van der Waals surface area contributed by atoms with E-state index in [2.05, 4.69) is 17.6 Å². The summed E-state index contributed by atoms with van der Waals surface area (Å²) in [4.78, 5) is 12.8. The van der Waals surface area contributed by atoms with Crippen LogP contribution < -0.4 is 16.4 Å². The minimum Gasteiger partial charge on any atom is -0.397 e. The Morgan fingerprint density at radius 2 is 2.15 bits per heavy atom. The summed E-state index contributed by atoms with van der Waals surface area (Å²) in [5.41, 5.74) is 7.85. The average Bonchev–Trinajstić information content (AvgIpc) is 2.78. The van der Waals surface area contributed by atoms with E-state index in [-0.39, 0.29) is 5.91 Å². The van der Waals surface area contributed by atoms with Crippen LogP contribution in [0.15, 0.2) is 18.2 Å². The summed E-state index contributed by atoms with van der Waals surface area (Å²) in [6.45, 7) is 6.64. The molecule has 1 aromatic heterocycles. The lowest BCUT2D eigenvalue weighted by molar-refractivity contribution is 0.0958. The zero-order valence-corrected chi connectivity index (χ0v) is 12.8. The molecule has 0 aliphatic carbocycles. The molecular weight excluding hydrogens is 270 g/mol. The van der Waals surface area contributed by atoms with Gasteiger partial charge in [-0.1, -0.05) is 25.1 Å². The molecule has 0 saturated carbocycles. The lowest BCUT2D eigenvalue weighted by atomic mass is 10.1. The van der Waals surface area contributed by atoms with Gasteiger partial charge < -0.3 is 16.4 Å². The Morgan fingerprint density at radius 1 is 1.35 bits per heavy atom. The van der Waals surface area contributed by atoms with Gasteiger partial charge in [-0.05, 0) is 32.0 Å². The highest BCUT2D eigenvalue weighted by Crippen LogP contribution is 2.35. The second kappa shape index (κ2) is 6.72. The first-order valence-corrected chi connectivity index (χ1v) is 7.73. The molecule has 2 rings (SSSR count). The number of nitrogen functional groups attached to an aromatic ring is 1. The topological polar surface area (TPSA) is 67.1 Å². The van der Waals surface area contributed by atoms with Gasteiger partial charge in [0.2, 0.25) is 0 Å². The normalized spacial score (nSPS) is 10.9. The zero-order chi connectivity index (χ0) is 14.5. The fourth-order valence-electron chi connectivity index (χ4n) is 2.12. The van der Waals surface area contributed by atoms with E-state index in [1.54, 1.807) is 0 Å². The van der Waals surface area contributed by atoms with Gasteiger partial charge >= 0.3 is 0 Å². The maximum absolute atomic E-state index is 12.2. The number of fused-ring (bicyclic) bond motifs is 1. The van der Waals surface area contributed by atoms with E-state index < -0.39 is 0 Å². The fraction of sp³-hybridized carbons (Fsp3) is 0.400. The van der Waals surface area contributed by atoms with Crippen LogP contribution in [0, 0.1) is 6.92 Å². The molecule has 108 valence electrons. The Morgan fingerprint density at radius 3 is 2.85 bits per heavy atom. The van der Waals surface area contributed by atoms with Crippen molar-refractivity contribution in [1.82, 2.24) is 10.6 Å². The molecule has 0 saturated heterocycles. The van der Waals surface area contributed by atoms with E-state index >= 15 is 0 Å². The van der Waals surface area contributed by atoms with E-state index in [1.165, 1.54) is 11.3 Å². The lowest BCUT2D eigenvalue weighted by Crippen LogP contribution is -2.27. The molecule has 0 fully saturated rings. The van der Waals surface area contributed by atoms with Gasteiger partial charge in [0.15, 0.2) is 0 Å². The highest BCUT2D eigenvalue weighted by atomic mass is 32.1. The van der Waals surface area contributed by atoms with Crippen LogP contribution in [0.25, 0.3) is 10.1 Å². The third-order valence-corrected chi connectivity index (χ3v) is 4.58. The zero-order valence-electron chi connectivity index (χ0n) is 12.0. The first kappa shape index (κ1) is 14.8. The molecule has 20 heavy (non-hydrogen) atoms. The number of hydrogen-bond acceptors (Lipinski definition) is 4. The third-order valence-electron chi connectivity index (χ3n) is 3.22. The number of anilines is 1. The second-order valence-corrected chi connectivity index (χ2v) is 5.78. The number of nitrogens with two attached hydrogens (primary N) is 1. The predicted molar refractivity (Wildman–Crippen MR) is 86.5 cm³/mol. The van der Waals surface area contributed by atoms with Crippen molar-refractivity contribution in [1.29, 1.82) is 0 Å². The molecule has 5 heteroatoms. The van der Waals surface area contributed by atoms with Gasteiger partial charge in [0.25, 0.3) is 5.91 Å². The van der Waals surface area contributed by atoms with Crippen LogP contribution in [-0.2, 0) is 0 Å². The van der Waals surface area contributed by atoms with E-state index in [0.29, 0.717) is 17.1 Å². The van der Waals surface area contributed by atoms with Crippen LogP contribution in [0.5, 0.6) is 0 Å². The number of hydrogen-bond donors (Lipinski definition) is 3. The minimum atomic E-state index is -0.0698. The molecule has 1 aromatic carbocycles. The Balaban J connectivity index is 2.07. The van der Waals surface area contributed by atoms with Crippen molar-refractivity contribution < 1.29 is 4.79 Å². The molecule has 0 unspecified atom stereocenters. The van der Waals surface area contributed by atoms with Crippen LogP contribution in [-0.4, -0.2) is 25.5 Å². The number of rotatable bonds is 6. The molecular formula is C15H21N3OS. The molecule has 0 atom stereocenters. The number of thiophene rings is 1. The van der Waals surface area contributed by atoms with Crippen molar-refractivity contribution in [2.24, 2.45) is 0 Å². The number of amides is 1. The van der Waals surface area contributed by atoms with Gasteiger partial charge in [-0.2, -0.15) is 0 Å². The second-order valence-electron chi connectivity index (χ2n) is 4.76. The monoisotopic (exact) mass is 291 g/mol. The summed E-state index contributed by atoms with van der Waals surface area (Å²) in [7, 11) is 0. The molecule has 0 aliphatic heterocycles. The van der Waals surface area contributed by atoms with Crippen LogP contribution in [0.1, 0.15) is 28.6 Å². The number of carbonyl (C=O) groups excluding carboxylic acids is 1. The molecule has 4 N–H and O–H groups in total. The fourth-order valence-corrected chi connectivity index (χ4v) is 3.23. The Hall–Kier alpha value is -1.59. The number of nitrogens with one attached hydrogen (secondary N) is 2. The summed E-state index contributed by atoms with van der Waals surface area (Å²) in [5, 5.41) is 7.14. The number of aryl methyl sites for hydroxylation is 1. The van der Waals surface area contributed by atoms with E-state index in [9.17, 15) is 4.79 Å². The quantitative estimate of drug-likeness (QED) is 0.716. The average molecular weight is 291 g/mol. The molecule has 1 heterocycles. The third kappa shape index (κ3) is 3.11. The summed E-state index contributed by atoms with van der Waals surface area (Å²) in [6.07, 6.45) is 0.920. The molecule has 1 amide bonds. The Labute approximate surface area is 123 Å². The van der Waals surface area contributed by atoms with Crippen molar-refractivity contribution in [3.05, 3.63) is 28.6 Å². The molecule has 0 bridgehead atoms. The first-order valence-electron chi connectivity index (χ1n) is 6.91. The van der Waals surface area contributed by atoms with E-state index in [4.69, 9.17) is 5.73 Å². The predicted octanol–water partition coefficient (Wildman–Crippen LogP) is 2.52. The number of benzene rings is 1. The van der Waals surface area contributed by atoms with Crippen LogP contribution in [0.2, 0.25) is 0 Å². The molecule has 2 aromatic rings. The minimum absolute atomic E-state index is 0.0698. The van der Waals surface area contributed by atoms with Gasteiger partial charge in [0.05, 0.1) is 5.69 Å². The lowest BCUT2D eigenvalue weighted by Gasteiger charge is -2.04. The van der Waals surface area contributed by atoms with Gasteiger partial charge in [-0.25, -0.2) is 0 Å². The molecule has 0 spiro atoms. The summed E-state index contributed by atoms with van der Waals surface area (Å²) in [6, 6.07) is 5.98. The van der Waals surface area contributed by atoms with Crippen molar-refractivity contribution in [2.45, 2.75) is 20.3 Å². The SMILES string of the molecule is CCNCCCNC(=O)c1sc2c(C)cccc2c1N. The molecule has 0 radical (unpaired) electrons. The summed E-state index contributed by atoms with van der Waals surface area (Å²) >= 11 is 1.47. The maximum Gasteiger partial charge on any atom is 0.263 e.